The minimum atomic E-state index is -1.81. The van der Waals surface area contributed by atoms with Crippen molar-refractivity contribution in [3.63, 3.8) is 0 Å². The van der Waals surface area contributed by atoms with Gasteiger partial charge in [0.15, 0.2) is 0 Å². The van der Waals surface area contributed by atoms with Crippen molar-refractivity contribution in [2.75, 3.05) is 11.5 Å². The Hall–Kier alpha value is -1.15. The predicted octanol–water partition coefficient (Wildman–Crippen LogP) is 1.45. The third kappa shape index (κ3) is 3.29. The number of thioether (sulfide) groups is 1. The number of ether oxygens (including phenoxy) is 1. The molecule has 1 aromatic carbocycles. The van der Waals surface area contributed by atoms with Crippen molar-refractivity contribution in [2.24, 2.45) is 11.7 Å². The molecule has 0 radical (unpaired) electrons. The van der Waals surface area contributed by atoms with Gasteiger partial charge in [0, 0.05) is 27.9 Å². The van der Waals surface area contributed by atoms with Gasteiger partial charge in [0.2, 0.25) is 5.12 Å². The van der Waals surface area contributed by atoms with Crippen molar-refractivity contribution in [2.45, 2.75) is 17.6 Å². The van der Waals surface area contributed by atoms with Crippen molar-refractivity contribution in [3.05, 3.63) is 28.8 Å². The lowest BCUT2D eigenvalue weighted by atomic mass is 9.95. The molecular formula is C12H15ClN2O4S. The summed E-state index contributed by atoms with van der Waals surface area (Å²) in [5, 5.41) is 17.9. The van der Waals surface area contributed by atoms with Crippen LogP contribution in [0.15, 0.2) is 18.2 Å². The highest BCUT2D eigenvalue weighted by Gasteiger charge is 2.46. The van der Waals surface area contributed by atoms with Crippen LogP contribution in [0, 0.1) is 5.92 Å². The fourth-order valence-corrected chi connectivity index (χ4v) is 3.16. The second-order valence-corrected chi connectivity index (χ2v) is 6.26. The van der Waals surface area contributed by atoms with Gasteiger partial charge < -0.3 is 26.4 Å². The first-order valence-electron chi connectivity index (χ1n) is 5.89. The summed E-state index contributed by atoms with van der Waals surface area (Å²) in [6, 6.07) is 4.79. The number of carbonyl (C=O) groups excluding carboxylic acids is 1. The number of carbonyl (C=O) groups is 1. The maximum absolute atomic E-state index is 11.0. The topological polar surface area (TPSA) is 119 Å². The number of aliphatic hydroxyl groups is 2. The number of anilines is 1. The Morgan fingerprint density at radius 1 is 1.60 bits per heavy atom. The van der Waals surface area contributed by atoms with E-state index in [1.807, 2.05) is 0 Å². The van der Waals surface area contributed by atoms with E-state index < -0.39 is 23.2 Å². The SMILES string of the molecule is NC(=O)OC(CC1CSC1(O)O)c1ccc(Cl)cc1N. The number of benzene rings is 1. The Labute approximate surface area is 125 Å². The van der Waals surface area contributed by atoms with Crippen molar-refractivity contribution >= 4 is 35.1 Å². The summed E-state index contributed by atoms with van der Waals surface area (Å²) in [5.74, 6) is 0.131. The summed E-state index contributed by atoms with van der Waals surface area (Å²) in [4.78, 5) is 11.0. The molecule has 2 unspecified atom stereocenters. The average molecular weight is 319 g/mol. The maximum Gasteiger partial charge on any atom is 0.405 e. The van der Waals surface area contributed by atoms with E-state index in [1.54, 1.807) is 12.1 Å². The normalized spacial score (nSPS) is 21.9. The lowest BCUT2D eigenvalue weighted by Crippen LogP contribution is -2.46. The molecule has 1 heterocycles. The summed E-state index contributed by atoms with van der Waals surface area (Å²) in [6.07, 6.45) is -1.47. The van der Waals surface area contributed by atoms with Crippen molar-refractivity contribution in [3.8, 4) is 0 Å². The van der Waals surface area contributed by atoms with E-state index in [1.165, 1.54) is 6.07 Å². The zero-order valence-electron chi connectivity index (χ0n) is 10.5. The summed E-state index contributed by atoms with van der Waals surface area (Å²) in [6.45, 7) is 0. The zero-order chi connectivity index (χ0) is 14.9. The van der Waals surface area contributed by atoms with Crippen LogP contribution in [0.2, 0.25) is 5.02 Å². The number of nitrogens with two attached hydrogens (primary N) is 2. The highest BCUT2D eigenvalue weighted by Crippen LogP contribution is 2.46. The smallest absolute Gasteiger partial charge is 0.405 e. The van der Waals surface area contributed by atoms with Crippen LogP contribution in [0.4, 0.5) is 10.5 Å². The third-order valence-electron chi connectivity index (χ3n) is 3.18. The average Bonchev–Trinajstić information content (AvgIpc) is 2.33. The lowest BCUT2D eigenvalue weighted by molar-refractivity contribution is -0.136. The third-order valence-corrected chi connectivity index (χ3v) is 4.74. The fraction of sp³-hybridized carbons (Fsp3) is 0.417. The van der Waals surface area contributed by atoms with E-state index in [-0.39, 0.29) is 6.42 Å². The van der Waals surface area contributed by atoms with E-state index in [2.05, 4.69) is 0 Å². The van der Waals surface area contributed by atoms with E-state index in [0.29, 0.717) is 22.0 Å². The second kappa shape index (κ2) is 5.69. The zero-order valence-corrected chi connectivity index (χ0v) is 12.0. The Morgan fingerprint density at radius 3 is 2.75 bits per heavy atom. The van der Waals surface area contributed by atoms with Crippen LogP contribution in [0.1, 0.15) is 18.1 Å². The van der Waals surface area contributed by atoms with Gasteiger partial charge in [-0.05, 0) is 18.6 Å². The molecule has 1 fully saturated rings. The standard InChI is InChI=1S/C12H15ClN2O4S/c13-7-1-2-8(9(14)4-7)10(19-11(15)16)3-6-5-20-12(6,17)18/h1-2,4,6,10,17-18H,3,5,14H2,(H2,15,16). The first-order chi connectivity index (χ1) is 9.29. The molecule has 0 aromatic heterocycles. The van der Waals surface area contributed by atoms with Crippen molar-refractivity contribution in [1.29, 1.82) is 0 Å². The molecule has 0 aliphatic carbocycles. The number of primary amides is 1. The van der Waals surface area contributed by atoms with E-state index in [0.717, 1.165) is 11.8 Å². The highest BCUT2D eigenvalue weighted by atomic mass is 35.5. The Kier molecular flexibility index (Phi) is 4.33. The molecule has 2 atom stereocenters. The van der Waals surface area contributed by atoms with E-state index >= 15 is 0 Å². The first kappa shape index (κ1) is 15.2. The van der Waals surface area contributed by atoms with Gasteiger partial charge in [-0.3, -0.25) is 0 Å². The quantitative estimate of drug-likeness (QED) is 0.493. The highest BCUT2D eigenvalue weighted by molar-refractivity contribution is 8.01. The number of rotatable bonds is 4. The molecule has 1 saturated heterocycles. The number of hydrogen-bond acceptors (Lipinski definition) is 6. The van der Waals surface area contributed by atoms with Crippen LogP contribution in [0.25, 0.3) is 0 Å². The Balaban J connectivity index is 2.21. The molecule has 20 heavy (non-hydrogen) atoms. The molecule has 0 bridgehead atoms. The van der Waals surface area contributed by atoms with Gasteiger partial charge in [0.05, 0.1) is 0 Å². The van der Waals surface area contributed by atoms with E-state index in [4.69, 9.17) is 27.8 Å². The molecule has 0 spiro atoms. The molecule has 1 amide bonds. The minimum Gasteiger partial charge on any atom is -0.441 e. The Bertz CT molecular complexity index is 526. The number of amides is 1. The number of nitrogen functional groups attached to an aromatic ring is 1. The predicted molar refractivity (Wildman–Crippen MR) is 77.0 cm³/mol. The lowest BCUT2D eigenvalue weighted by Gasteiger charge is -2.41. The Morgan fingerprint density at radius 2 is 2.30 bits per heavy atom. The van der Waals surface area contributed by atoms with Gasteiger partial charge in [0.1, 0.15) is 6.10 Å². The second-order valence-electron chi connectivity index (χ2n) is 4.60. The van der Waals surface area contributed by atoms with Crippen LogP contribution in [0.3, 0.4) is 0 Å². The van der Waals surface area contributed by atoms with Crippen molar-refractivity contribution < 1.29 is 19.7 Å². The van der Waals surface area contributed by atoms with Gasteiger partial charge >= 0.3 is 6.09 Å². The van der Waals surface area contributed by atoms with Crippen LogP contribution < -0.4 is 11.5 Å². The summed E-state index contributed by atoms with van der Waals surface area (Å²) < 4.78 is 5.04. The van der Waals surface area contributed by atoms with Crippen LogP contribution in [0.5, 0.6) is 0 Å². The van der Waals surface area contributed by atoms with Gasteiger partial charge in [-0.1, -0.05) is 29.4 Å². The molecule has 6 nitrogen and oxygen atoms in total. The number of halogens is 1. The summed E-state index contributed by atoms with van der Waals surface area (Å²) in [5.41, 5.74) is 11.8. The molecule has 6 N–H and O–H groups in total. The van der Waals surface area contributed by atoms with Crippen LogP contribution in [-0.2, 0) is 4.74 Å². The molecule has 1 aliphatic rings. The molecule has 110 valence electrons. The molecular weight excluding hydrogens is 304 g/mol. The largest absolute Gasteiger partial charge is 0.441 e. The monoisotopic (exact) mass is 318 g/mol. The molecule has 0 saturated carbocycles. The van der Waals surface area contributed by atoms with Gasteiger partial charge in [0.25, 0.3) is 0 Å². The van der Waals surface area contributed by atoms with Gasteiger partial charge in [-0.15, -0.1) is 0 Å². The van der Waals surface area contributed by atoms with Gasteiger partial charge in [-0.2, -0.15) is 0 Å². The minimum absolute atomic E-state index is 0.217. The summed E-state index contributed by atoms with van der Waals surface area (Å²) >= 11 is 6.84. The fourth-order valence-electron chi connectivity index (χ4n) is 2.05. The molecule has 1 aliphatic heterocycles. The molecule has 1 aromatic rings. The van der Waals surface area contributed by atoms with Crippen LogP contribution >= 0.6 is 23.4 Å². The first-order valence-corrected chi connectivity index (χ1v) is 7.25. The van der Waals surface area contributed by atoms with Gasteiger partial charge in [-0.25, -0.2) is 4.79 Å². The van der Waals surface area contributed by atoms with Crippen molar-refractivity contribution in [1.82, 2.24) is 0 Å². The molecule has 2 rings (SSSR count). The summed E-state index contributed by atoms with van der Waals surface area (Å²) in [7, 11) is 0. The maximum atomic E-state index is 11.0. The number of hydrogen-bond donors (Lipinski definition) is 4. The molecule has 8 heteroatoms. The van der Waals surface area contributed by atoms with E-state index in [9.17, 15) is 15.0 Å². The van der Waals surface area contributed by atoms with Crippen LogP contribution in [-0.4, -0.2) is 27.2 Å².